The number of rotatable bonds is 5. The number of sulfonamides is 1. The monoisotopic (exact) mass is 344 g/mol. The van der Waals surface area contributed by atoms with E-state index in [4.69, 9.17) is 11.6 Å². The molecule has 0 aliphatic heterocycles. The van der Waals surface area contributed by atoms with Crippen molar-refractivity contribution in [3.63, 3.8) is 0 Å². The number of anilines is 1. The van der Waals surface area contributed by atoms with Crippen molar-refractivity contribution in [1.82, 2.24) is 4.72 Å². The van der Waals surface area contributed by atoms with Gasteiger partial charge in [0, 0.05) is 10.7 Å². The molecule has 0 bridgehead atoms. The Balaban J connectivity index is 1.98. The van der Waals surface area contributed by atoms with E-state index in [1.807, 2.05) is 0 Å². The fourth-order valence-corrected chi connectivity index (χ4v) is 3.78. The molecule has 0 atom stereocenters. The van der Waals surface area contributed by atoms with Crippen LogP contribution in [0.4, 0.5) is 5.69 Å². The van der Waals surface area contributed by atoms with E-state index >= 15 is 0 Å². The molecule has 112 valence electrons. The molecular weight excluding hydrogens is 332 g/mol. The lowest BCUT2D eigenvalue weighted by Gasteiger charge is -2.10. The number of thiophene rings is 1. The van der Waals surface area contributed by atoms with Crippen molar-refractivity contribution in [3.8, 4) is 0 Å². The van der Waals surface area contributed by atoms with Gasteiger partial charge in [-0.3, -0.25) is 4.79 Å². The Morgan fingerprint density at radius 3 is 2.71 bits per heavy atom. The zero-order valence-corrected chi connectivity index (χ0v) is 13.5. The maximum atomic E-state index is 11.9. The molecular formula is C13H13ClN2O3S2. The van der Waals surface area contributed by atoms with Gasteiger partial charge < -0.3 is 5.32 Å². The lowest BCUT2D eigenvalue weighted by atomic mass is 10.2. The normalized spacial score (nSPS) is 11.3. The van der Waals surface area contributed by atoms with E-state index in [1.165, 1.54) is 6.07 Å². The van der Waals surface area contributed by atoms with E-state index in [1.54, 1.807) is 36.6 Å². The van der Waals surface area contributed by atoms with Gasteiger partial charge >= 0.3 is 0 Å². The summed E-state index contributed by atoms with van der Waals surface area (Å²) in [5, 5.41) is 4.81. The molecule has 1 aromatic carbocycles. The maximum absolute atomic E-state index is 11.9. The van der Waals surface area contributed by atoms with E-state index in [2.05, 4.69) is 10.0 Å². The smallest absolute Gasteiger partial charge is 0.250 e. The lowest BCUT2D eigenvalue weighted by Crippen LogP contribution is -2.32. The number of benzene rings is 1. The summed E-state index contributed by atoms with van der Waals surface area (Å²) in [6, 6.07) is 8.24. The third-order valence-electron chi connectivity index (χ3n) is 2.72. The molecule has 1 aromatic heterocycles. The van der Waals surface area contributed by atoms with Crippen LogP contribution in [0.15, 0.2) is 39.9 Å². The third-order valence-corrected chi connectivity index (χ3v) is 5.93. The number of carbonyl (C=O) groups is 1. The van der Waals surface area contributed by atoms with Crippen LogP contribution in [0, 0.1) is 6.92 Å². The van der Waals surface area contributed by atoms with Crippen molar-refractivity contribution in [2.45, 2.75) is 11.1 Å². The Labute approximate surface area is 132 Å². The molecule has 1 amide bonds. The molecule has 0 saturated carbocycles. The largest absolute Gasteiger partial charge is 0.325 e. The van der Waals surface area contributed by atoms with Gasteiger partial charge in [0.05, 0.1) is 6.54 Å². The van der Waals surface area contributed by atoms with Gasteiger partial charge in [0.25, 0.3) is 10.0 Å². The van der Waals surface area contributed by atoms with Crippen LogP contribution in [0.1, 0.15) is 5.56 Å². The Morgan fingerprint density at radius 1 is 1.29 bits per heavy atom. The molecule has 1 heterocycles. The topological polar surface area (TPSA) is 75.3 Å². The zero-order valence-electron chi connectivity index (χ0n) is 11.1. The average Bonchev–Trinajstić information content (AvgIpc) is 2.97. The predicted octanol–water partition coefficient (Wildman–Crippen LogP) is 2.63. The SMILES string of the molecule is Cc1c(Cl)cccc1NC(=O)CNS(=O)(=O)c1cccs1. The number of hydrogen-bond acceptors (Lipinski definition) is 4. The molecule has 0 radical (unpaired) electrons. The van der Waals surface area contributed by atoms with Crippen molar-refractivity contribution in [2.24, 2.45) is 0 Å². The molecule has 8 heteroatoms. The van der Waals surface area contributed by atoms with Crippen LogP contribution in [0.5, 0.6) is 0 Å². The molecule has 2 N–H and O–H groups in total. The first-order valence-corrected chi connectivity index (χ1v) is 8.72. The highest BCUT2D eigenvalue weighted by molar-refractivity contribution is 7.91. The first-order chi connectivity index (χ1) is 9.90. The second kappa shape index (κ2) is 6.57. The lowest BCUT2D eigenvalue weighted by molar-refractivity contribution is -0.115. The Morgan fingerprint density at radius 2 is 2.05 bits per heavy atom. The summed E-state index contributed by atoms with van der Waals surface area (Å²) in [6.07, 6.45) is 0. The second-order valence-electron chi connectivity index (χ2n) is 4.22. The Kier molecular flexibility index (Phi) is 5.00. The highest BCUT2D eigenvalue weighted by Crippen LogP contribution is 2.22. The fourth-order valence-electron chi connectivity index (χ4n) is 1.59. The van der Waals surface area contributed by atoms with Crippen LogP contribution in [-0.4, -0.2) is 20.9 Å². The average molecular weight is 345 g/mol. The summed E-state index contributed by atoms with van der Waals surface area (Å²) in [5.74, 6) is -0.458. The van der Waals surface area contributed by atoms with Gasteiger partial charge in [-0.25, -0.2) is 13.1 Å². The minimum Gasteiger partial charge on any atom is -0.325 e. The summed E-state index contributed by atoms with van der Waals surface area (Å²) in [5.41, 5.74) is 1.29. The summed E-state index contributed by atoms with van der Waals surface area (Å²) < 4.78 is 26.2. The highest BCUT2D eigenvalue weighted by Gasteiger charge is 2.16. The van der Waals surface area contributed by atoms with Gasteiger partial charge in [-0.05, 0) is 36.1 Å². The zero-order chi connectivity index (χ0) is 15.5. The first-order valence-electron chi connectivity index (χ1n) is 5.98. The van der Waals surface area contributed by atoms with Crippen LogP contribution in [0.3, 0.4) is 0 Å². The van der Waals surface area contributed by atoms with Crippen LogP contribution >= 0.6 is 22.9 Å². The Bertz CT molecular complexity index is 743. The van der Waals surface area contributed by atoms with Crippen LogP contribution in [0.2, 0.25) is 5.02 Å². The number of amides is 1. The molecule has 0 unspecified atom stereocenters. The molecule has 2 aromatic rings. The molecule has 0 spiro atoms. The summed E-state index contributed by atoms with van der Waals surface area (Å²) in [7, 11) is -3.64. The van der Waals surface area contributed by atoms with E-state index in [0.717, 1.165) is 16.9 Å². The number of halogens is 1. The van der Waals surface area contributed by atoms with Gasteiger partial charge in [-0.2, -0.15) is 0 Å². The van der Waals surface area contributed by atoms with Crippen LogP contribution in [0.25, 0.3) is 0 Å². The van der Waals surface area contributed by atoms with Crippen LogP contribution < -0.4 is 10.0 Å². The van der Waals surface area contributed by atoms with Gasteiger partial charge in [-0.1, -0.05) is 23.7 Å². The summed E-state index contributed by atoms with van der Waals surface area (Å²) >= 11 is 7.04. The van der Waals surface area contributed by atoms with Crippen molar-refractivity contribution in [1.29, 1.82) is 0 Å². The van der Waals surface area contributed by atoms with Gasteiger partial charge in [0.2, 0.25) is 5.91 Å². The number of hydrogen-bond donors (Lipinski definition) is 2. The second-order valence-corrected chi connectivity index (χ2v) is 7.57. The molecule has 0 fully saturated rings. The van der Waals surface area contributed by atoms with Crippen molar-refractivity contribution < 1.29 is 13.2 Å². The van der Waals surface area contributed by atoms with Gasteiger partial charge in [-0.15, -0.1) is 11.3 Å². The number of nitrogens with one attached hydrogen (secondary N) is 2. The molecule has 5 nitrogen and oxygen atoms in total. The van der Waals surface area contributed by atoms with Gasteiger partial charge in [0.1, 0.15) is 4.21 Å². The molecule has 0 saturated heterocycles. The minimum atomic E-state index is -3.64. The molecule has 2 rings (SSSR count). The molecule has 0 aliphatic rings. The summed E-state index contributed by atoms with van der Waals surface area (Å²) in [4.78, 5) is 11.8. The molecule has 0 aliphatic carbocycles. The van der Waals surface area contributed by atoms with E-state index < -0.39 is 15.9 Å². The molecule has 21 heavy (non-hydrogen) atoms. The third kappa shape index (κ3) is 4.04. The Hall–Kier alpha value is -1.41. The fraction of sp³-hybridized carbons (Fsp3) is 0.154. The maximum Gasteiger partial charge on any atom is 0.250 e. The van der Waals surface area contributed by atoms with E-state index in [-0.39, 0.29) is 10.8 Å². The number of carbonyl (C=O) groups excluding carboxylic acids is 1. The van der Waals surface area contributed by atoms with Gasteiger partial charge in [0.15, 0.2) is 0 Å². The van der Waals surface area contributed by atoms with Crippen LogP contribution in [-0.2, 0) is 14.8 Å². The highest BCUT2D eigenvalue weighted by atomic mass is 35.5. The van der Waals surface area contributed by atoms with E-state index in [0.29, 0.717) is 10.7 Å². The quantitative estimate of drug-likeness (QED) is 0.875. The predicted molar refractivity (Wildman–Crippen MR) is 84.3 cm³/mol. The van der Waals surface area contributed by atoms with E-state index in [9.17, 15) is 13.2 Å². The minimum absolute atomic E-state index is 0.175. The van der Waals surface area contributed by atoms with Crippen molar-refractivity contribution >= 4 is 44.6 Å². The summed E-state index contributed by atoms with van der Waals surface area (Å²) in [6.45, 7) is 1.43. The van der Waals surface area contributed by atoms with Crippen molar-refractivity contribution in [3.05, 3.63) is 46.3 Å². The standard InChI is InChI=1S/C13H13ClN2O3S2/c1-9-10(14)4-2-5-11(9)16-12(17)8-15-21(18,19)13-6-3-7-20-13/h2-7,15H,8H2,1H3,(H,16,17). The first kappa shape index (κ1) is 16.0. The van der Waals surface area contributed by atoms with Crippen molar-refractivity contribution in [2.75, 3.05) is 11.9 Å².